The monoisotopic (exact) mass is 369 g/mol. The molecule has 0 saturated carbocycles. The summed E-state index contributed by atoms with van der Waals surface area (Å²) < 4.78 is 12.2. The van der Waals surface area contributed by atoms with E-state index in [2.05, 4.69) is 20.6 Å². The van der Waals surface area contributed by atoms with E-state index in [1.165, 1.54) is 0 Å². The van der Waals surface area contributed by atoms with Crippen molar-refractivity contribution in [2.45, 2.75) is 26.8 Å². The van der Waals surface area contributed by atoms with E-state index in [1.54, 1.807) is 13.3 Å². The van der Waals surface area contributed by atoms with Crippen LogP contribution >= 0.6 is 0 Å². The summed E-state index contributed by atoms with van der Waals surface area (Å²) in [5.74, 6) is 0.604. The van der Waals surface area contributed by atoms with Gasteiger partial charge in [-0.2, -0.15) is 5.10 Å². The summed E-state index contributed by atoms with van der Waals surface area (Å²) in [4.78, 5) is 16.1. The van der Waals surface area contributed by atoms with E-state index in [0.717, 1.165) is 28.2 Å². The maximum atomic E-state index is 11.8. The van der Waals surface area contributed by atoms with E-state index in [9.17, 15) is 4.79 Å². The highest BCUT2D eigenvalue weighted by atomic mass is 16.5. The van der Waals surface area contributed by atoms with Gasteiger partial charge in [-0.15, -0.1) is 0 Å². The molecule has 0 aliphatic heterocycles. The molecule has 0 spiro atoms. The molecule has 0 radical (unpaired) electrons. The summed E-state index contributed by atoms with van der Waals surface area (Å²) in [6, 6.07) is 5.83. The number of nitrogens with zero attached hydrogens (tertiary/aromatic N) is 4. The van der Waals surface area contributed by atoms with Crippen LogP contribution in [0.25, 0.3) is 22.6 Å². The Morgan fingerprint density at radius 2 is 2.11 bits per heavy atom. The number of ether oxygens (including phenoxy) is 1. The van der Waals surface area contributed by atoms with Crippen molar-refractivity contribution >= 4 is 5.91 Å². The zero-order valence-corrected chi connectivity index (χ0v) is 15.7. The summed E-state index contributed by atoms with van der Waals surface area (Å²) in [5, 5.41) is 11.3. The molecule has 0 bridgehead atoms. The summed E-state index contributed by atoms with van der Waals surface area (Å²) in [6.07, 6.45) is 3.90. The van der Waals surface area contributed by atoms with Crippen molar-refractivity contribution < 1.29 is 14.1 Å². The minimum atomic E-state index is -0.0476. The van der Waals surface area contributed by atoms with Crippen LogP contribution in [0, 0.1) is 13.8 Å². The van der Waals surface area contributed by atoms with E-state index < -0.39 is 0 Å². The van der Waals surface area contributed by atoms with Crippen molar-refractivity contribution in [3.05, 3.63) is 42.0 Å². The van der Waals surface area contributed by atoms with Gasteiger partial charge in [0, 0.05) is 43.6 Å². The van der Waals surface area contributed by atoms with Gasteiger partial charge in [0.1, 0.15) is 0 Å². The molecule has 0 aromatic carbocycles. The number of rotatable bonds is 8. The summed E-state index contributed by atoms with van der Waals surface area (Å²) >= 11 is 0. The zero-order valence-electron chi connectivity index (χ0n) is 15.7. The van der Waals surface area contributed by atoms with Crippen molar-refractivity contribution in [1.29, 1.82) is 0 Å². The molecule has 142 valence electrons. The molecule has 3 rings (SSSR count). The normalized spacial score (nSPS) is 10.9. The number of carbonyl (C=O) groups is 1. The summed E-state index contributed by atoms with van der Waals surface area (Å²) in [7, 11) is 1.58. The molecule has 0 saturated heterocycles. The van der Waals surface area contributed by atoms with Gasteiger partial charge in [0.15, 0.2) is 5.76 Å². The molecule has 3 heterocycles. The molecule has 0 aliphatic rings. The molecule has 1 N–H and O–H groups in total. The number of aryl methyl sites for hydroxylation is 2. The molecule has 3 aromatic rings. The second-order valence-electron chi connectivity index (χ2n) is 6.24. The standard InChI is InChI=1S/C19H23N5O3/c1-13-4-5-15(11-21-13)19-16(17-10-14(2)23-27-17)12-22-24(19)8-7-20-18(25)6-9-26-3/h4-5,10-12H,6-9H2,1-3H3,(H,20,25). The minimum absolute atomic E-state index is 0.0476. The second kappa shape index (κ2) is 8.59. The highest BCUT2D eigenvalue weighted by Crippen LogP contribution is 2.32. The van der Waals surface area contributed by atoms with Crippen LogP contribution in [0.3, 0.4) is 0 Å². The van der Waals surface area contributed by atoms with Crippen LogP contribution in [-0.4, -0.2) is 46.1 Å². The first-order valence-electron chi connectivity index (χ1n) is 8.76. The Morgan fingerprint density at radius 1 is 1.26 bits per heavy atom. The van der Waals surface area contributed by atoms with Crippen LogP contribution < -0.4 is 5.32 Å². The molecule has 8 nitrogen and oxygen atoms in total. The van der Waals surface area contributed by atoms with E-state index >= 15 is 0 Å². The van der Waals surface area contributed by atoms with Crippen molar-refractivity contribution in [1.82, 2.24) is 25.2 Å². The Bertz CT molecular complexity index is 898. The van der Waals surface area contributed by atoms with E-state index in [1.807, 2.05) is 42.9 Å². The third kappa shape index (κ3) is 4.59. The predicted octanol–water partition coefficient (Wildman–Crippen LogP) is 2.37. The number of amides is 1. The van der Waals surface area contributed by atoms with Crippen LogP contribution in [0.2, 0.25) is 0 Å². The predicted molar refractivity (Wildman–Crippen MR) is 99.9 cm³/mol. The van der Waals surface area contributed by atoms with Crippen molar-refractivity contribution in [3.63, 3.8) is 0 Å². The smallest absolute Gasteiger partial charge is 0.222 e. The van der Waals surface area contributed by atoms with Crippen LogP contribution in [0.1, 0.15) is 17.8 Å². The van der Waals surface area contributed by atoms with Crippen LogP contribution in [0.5, 0.6) is 0 Å². The Kier molecular flexibility index (Phi) is 5.97. The fourth-order valence-corrected chi connectivity index (χ4v) is 2.72. The van der Waals surface area contributed by atoms with Crippen LogP contribution in [0.15, 0.2) is 35.1 Å². The number of nitrogens with one attached hydrogen (secondary N) is 1. The van der Waals surface area contributed by atoms with Crippen LogP contribution in [0.4, 0.5) is 0 Å². The maximum absolute atomic E-state index is 11.8. The molecule has 0 atom stereocenters. The van der Waals surface area contributed by atoms with E-state index in [-0.39, 0.29) is 5.91 Å². The quantitative estimate of drug-likeness (QED) is 0.655. The molecule has 0 fully saturated rings. The topological polar surface area (TPSA) is 95.1 Å². The second-order valence-corrected chi connectivity index (χ2v) is 6.24. The Hall–Kier alpha value is -3.00. The number of carbonyl (C=O) groups excluding carboxylic acids is 1. The molecule has 1 amide bonds. The van der Waals surface area contributed by atoms with E-state index in [0.29, 0.717) is 31.9 Å². The number of hydrogen-bond donors (Lipinski definition) is 1. The van der Waals surface area contributed by atoms with E-state index in [4.69, 9.17) is 9.26 Å². The highest BCUT2D eigenvalue weighted by Gasteiger charge is 2.18. The first kappa shape index (κ1) is 18.8. The van der Waals surface area contributed by atoms with Gasteiger partial charge < -0.3 is 14.6 Å². The van der Waals surface area contributed by atoms with Gasteiger partial charge in [-0.3, -0.25) is 14.5 Å². The lowest BCUT2D eigenvalue weighted by molar-refractivity contribution is -0.121. The largest absolute Gasteiger partial charge is 0.384 e. The summed E-state index contributed by atoms with van der Waals surface area (Å²) in [6.45, 7) is 5.21. The third-order valence-electron chi connectivity index (χ3n) is 4.10. The van der Waals surface area contributed by atoms with Gasteiger partial charge in [0.2, 0.25) is 5.91 Å². The van der Waals surface area contributed by atoms with Gasteiger partial charge >= 0.3 is 0 Å². The molecule has 0 aliphatic carbocycles. The number of aromatic nitrogens is 4. The van der Waals surface area contributed by atoms with Crippen LogP contribution in [-0.2, 0) is 16.1 Å². The average Bonchev–Trinajstić information content (AvgIpc) is 3.27. The van der Waals surface area contributed by atoms with Crippen molar-refractivity contribution in [2.75, 3.05) is 20.3 Å². The average molecular weight is 369 g/mol. The van der Waals surface area contributed by atoms with Gasteiger partial charge in [-0.1, -0.05) is 5.16 Å². The minimum Gasteiger partial charge on any atom is -0.384 e. The Labute approximate surface area is 157 Å². The van der Waals surface area contributed by atoms with Gasteiger partial charge in [0.05, 0.1) is 36.3 Å². The lowest BCUT2D eigenvalue weighted by Gasteiger charge is -2.10. The maximum Gasteiger partial charge on any atom is 0.222 e. The lowest BCUT2D eigenvalue weighted by Crippen LogP contribution is -2.28. The fourth-order valence-electron chi connectivity index (χ4n) is 2.72. The molecule has 8 heteroatoms. The number of hydrogen-bond acceptors (Lipinski definition) is 6. The summed E-state index contributed by atoms with van der Waals surface area (Å²) in [5.41, 5.74) is 4.38. The van der Waals surface area contributed by atoms with Crippen molar-refractivity contribution in [2.24, 2.45) is 0 Å². The number of methoxy groups -OCH3 is 1. The SMILES string of the molecule is COCCC(=O)NCCn1ncc(-c2cc(C)no2)c1-c1ccc(C)nc1. The number of pyridine rings is 1. The Balaban J connectivity index is 1.84. The molecule has 27 heavy (non-hydrogen) atoms. The van der Waals surface area contributed by atoms with Crippen molar-refractivity contribution in [3.8, 4) is 22.6 Å². The van der Waals surface area contributed by atoms with Gasteiger partial charge in [-0.25, -0.2) is 0 Å². The highest BCUT2D eigenvalue weighted by molar-refractivity contribution is 5.78. The lowest BCUT2D eigenvalue weighted by atomic mass is 10.1. The Morgan fingerprint density at radius 3 is 2.78 bits per heavy atom. The molecule has 0 unspecified atom stereocenters. The molecule has 3 aromatic heterocycles. The molecular weight excluding hydrogens is 346 g/mol. The third-order valence-corrected chi connectivity index (χ3v) is 4.10. The first-order valence-corrected chi connectivity index (χ1v) is 8.76. The fraction of sp³-hybridized carbons (Fsp3) is 0.368. The van der Waals surface area contributed by atoms with Gasteiger partial charge in [-0.05, 0) is 26.0 Å². The first-order chi connectivity index (χ1) is 13.1. The zero-order chi connectivity index (χ0) is 19.2. The van der Waals surface area contributed by atoms with Gasteiger partial charge in [0.25, 0.3) is 0 Å². The molecular formula is C19H23N5O3.